The lowest BCUT2D eigenvalue weighted by Crippen LogP contribution is -2.27. The van der Waals surface area contributed by atoms with Crippen LogP contribution < -0.4 is 5.32 Å². The fourth-order valence-corrected chi connectivity index (χ4v) is 3.73. The van der Waals surface area contributed by atoms with Crippen molar-refractivity contribution in [3.8, 4) is 0 Å². The summed E-state index contributed by atoms with van der Waals surface area (Å²) < 4.78 is 0. The van der Waals surface area contributed by atoms with Crippen LogP contribution in [0, 0.1) is 13.8 Å². The highest BCUT2D eigenvalue weighted by molar-refractivity contribution is 5.98. The Kier molecular flexibility index (Phi) is 5.55. The molecule has 26 heavy (non-hydrogen) atoms. The van der Waals surface area contributed by atoms with Gasteiger partial charge in [0.2, 0.25) is 5.91 Å². The number of Topliss-reactive ketones (excluding diaryl/α,β-unsaturated/α-hetero) is 1. The van der Waals surface area contributed by atoms with Crippen molar-refractivity contribution in [2.24, 2.45) is 0 Å². The first-order valence-corrected chi connectivity index (χ1v) is 9.45. The van der Waals surface area contributed by atoms with E-state index in [2.05, 4.69) is 36.5 Å². The van der Waals surface area contributed by atoms with Crippen molar-refractivity contribution in [2.75, 3.05) is 0 Å². The number of amides is 1. The summed E-state index contributed by atoms with van der Waals surface area (Å²) in [5.74, 6) is -0.0258. The van der Waals surface area contributed by atoms with Gasteiger partial charge in [0, 0.05) is 18.4 Å². The summed E-state index contributed by atoms with van der Waals surface area (Å²) in [5.41, 5.74) is 6.87. The SMILES string of the molecule is Cc1ccc(C)c(C(C)NC(=O)CCC(=O)c2ccc3c(c2)CCC3)c1. The number of aryl methyl sites for hydroxylation is 4. The number of ketones is 1. The summed E-state index contributed by atoms with van der Waals surface area (Å²) in [6.45, 7) is 6.09. The Labute approximate surface area is 155 Å². The van der Waals surface area contributed by atoms with Crippen LogP contribution in [0.15, 0.2) is 36.4 Å². The lowest BCUT2D eigenvalue weighted by molar-refractivity contribution is -0.121. The maximum Gasteiger partial charge on any atom is 0.220 e. The molecular weight excluding hydrogens is 322 g/mol. The molecule has 0 fully saturated rings. The van der Waals surface area contributed by atoms with Gasteiger partial charge in [-0.05, 0) is 68.4 Å². The molecule has 1 aliphatic carbocycles. The van der Waals surface area contributed by atoms with Gasteiger partial charge in [-0.3, -0.25) is 9.59 Å². The fourth-order valence-electron chi connectivity index (χ4n) is 3.73. The molecule has 1 N–H and O–H groups in total. The smallest absolute Gasteiger partial charge is 0.220 e. The zero-order valence-electron chi connectivity index (χ0n) is 15.9. The van der Waals surface area contributed by atoms with Gasteiger partial charge in [0.05, 0.1) is 6.04 Å². The zero-order valence-corrected chi connectivity index (χ0v) is 15.9. The molecule has 3 rings (SSSR count). The van der Waals surface area contributed by atoms with Crippen LogP contribution >= 0.6 is 0 Å². The van der Waals surface area contributed by atoms with E-state index in [1.807, 2.05) is 26.0 Å². The number of benzene rings is 2. The minimum absolute atomic E-state index is 0.0502. The number of carbonyl (C=O) groups is 2. The molecule has 1 aliphatic rings. The number of hydrogen-bond donors (Lipinski definition) is 1. The van der Waals surface area contributed by atoms with Gasteiger partial charge in [0.15, 0.2) is 5.78 Å². The number of fused-ring (bicyclic) bond motifs is 1. The van der Waals surface area contributed by atoms with Gasteiger partial charge >= 0.3 is 0 Å². The lowest BCUT2D eigenvalue weighted by atomic mass is 9.99. The maximum absolute atomic E-state index is 12.4. The average Bonchev–Trinajstić information content (AvgIpc) is 3.09. The monoisotopic (exact) mass is 349 g/mol. The summed E-state index contributed by atoms with van der Waals surface area (Å²) in [4.78, 5) is 24.7. The Morgan fingerprint density at radius 2 is 1.77 bits per heavy atom. The van der Waals surface area contributed by atoms with E-state index in [4.69, 9.17) is 0 Å². The molecule has 0 saturated carbocycles. The summed E-state index contributed by atoms with van der Waals surface area (Å²) in [6.07, 6.45) is 3.83. The molecule has 2 aromatic carbocycles. The summed E-state index contributed by atoms with van der Waals surface area (Å²) in [6, 6.07) is 12.2. The Morgan fingerprint density at radius 3 is 2.58 bits per heavy atom. The molecule has 1 amide bonds. The lowest BCUT2D eigenvalue weighted by Gasteiger charge is -2.17. The van der Waals surface area contributed by atoms with E-state index in [9.17, 15) is 9.59 Å². The fraction of sp³-hybridized carbons (Fsp3) is 0.391. The minimum Gasteiger partial charge on any atom is -0.350 e. The highest BCUT2D eigenvalue weighted by Gasteiger charge is 2.16. The molecule has 2 aromatic rings. The minimum atomic E-state index is -0.0760. The highest BCUT2D eigenvalue weighted by atomic mass is 16.2. The average molecular weight is 349 g/mol. The molecule has 0 aliphatic heterocycles. The van der Waals surface area contributed by atoms with Gasteiger partial charge < -0.3 is 5.32 Å². The Morgan fingerprint density at radius 1 is 1.00 bits per heavy atom. The van der Waals surface area contributed by atoms with Gasteiger partial charge in [-0.1, -0.05) is 35.9 Å². The second-order valence-corrected chi connectivity index (χ2v) is 7.41. The quantitative estimate of drug-likeness (QED) is 0.773. The molecule has 136 valence electrons. The largest absolute Gasteiger partial charge is 0.350 e. The van der Waals surface area contributed by atoms with E-state index in [0.29, 0.717) is 0 Å². The van der Waals surface area contributed by atoms with Crippen LogP contribution in [0.4, 0.5) is 0 Å². The second-order valence-electron chi connectivity index (χ2n) is 7.41. The van der Waals surface area contributed by atoms with E-state index >= 15 is 0 Å². The number of hydrogen-bond acceptors (Lipinski definition) is 2. The van der Waals surface area contributed by atoms with Crippen LogP contribution in [0.5, 0.6) is 0 Å². The molecule has 0 saturated heterocycles. The van der Waals surface area contributed by atoms with Gasteiger partial charge in [-0.2, -0.15) is 0 Å². The van der Waals surface area contributed by atoms with Crippen molar-refractivity contribution in [1.82, 2.24) is 5.32 Å². The molecule has 0 bridgehead atoms. The molecule has 0 radical (unpaired) electrons. The van der Waals surface area contributed by atoms with Crippen molar-refractivity contribution in [1.29, 1.82) is 0 Å². The van der Waals surface area contributed by atoms with E-state index in [1.54, 1.807) is 0 Å². The molecule has 0 aromatic heterocycles. The molecule has 3 nitrogen and oxygen atoms in total. The van der Waals surface area contributed by atoms with Crippen molar-refractivity contribution >= 4 is 11.7 Å². The first kappa shape index (κ1) is 18.4. The molecular formula is C23H27NO2. The van der Waals surface area contributed by atoms with Crippen molar-refractivity contribution in [2.45, 2.75) is 58.9 Å². The zero-order chi connectivity index (χ0) is 18.7. The Bertz CT molecular complexity index is 838. The Balaban J connectivity index is 1.55. The molecule has 1 unspecified atom stereocenters. The molecule has 3 heteroatoms. The standard InChI is InChI=1S/C23H27NO2/c1-15-7-8-16(2)21(13-15)17(3)24-23(26)12-11-22(25)20-10-9-18-5-4-6-19(18)14-20/h7-10,13-14,17H,4-6,11-12H2,1-3H3,(H,24,26). The van der Waals surface area contributed by atoms with Crippen LogP contribution in [0.3, 0.4) is 0 Å². The van der Waals surface area contributed by atoms with Crippen molar-refractivity contribution in [3.63, 3.8) is 0 Å². The third-order valence-electron chi connectivity index (χ3n) is 5.28. The van der Waals surface area contributed by atoms with E-state index in [1.165, 1.54) is 23.1 Å². The summed E-state index contributed by atoms with van der Waals surface area (Å²) >= 11 is 0. The molecule has 0 spiro atoms. The van der Waals surface area contributed by atoms with Gasteiger partial charge in [0.1, 0.15) is 0 Å². The summed E-state index contributed by atoms with van der Waals surface area (Å²) in [5, 5.41) is 3.02. The van der Waals surface area contributed by atoms with E-state index in [-0.39, 0.29) is 30.6 Å². The first-order valence-electron chi connectivity index (χ1n) is 9.45. The first-order chi connectivity index (χ1) is 12.4. The Hall–Kier alpha value is -2.42. The second kappa shape index (κ2) is 7.86. The molecule has 1 atom stereocenters. The predicted molar refractivity (Wildman–Crippen MR) is 105 cm³/mol. The third kappa shape index (κ3) is 4.21. The van der Waals surface area contributed by atoms with Crippen molar-refractivity contribution in [3.05, 3.63) is 69.8 Å². The van der Waals surface area contributed by atoms with Gasteiger partial charge in [0.25, 0.3) is 0 Å². The van der Waals surface area contributed by atoms with Crippen LogP contribution in [-0.4, -0.2) is 11.7 Å². The number of rotatable bonds is 6. The van der Waals surface area contributed by atoms with Crippen LogP contribution in [0.2, 0.25) is 0 Å². The topological polar surface area (TPSA) is 46.2 Å². The van der Waals surface area contributed by atoms with Gasteiger partial charge in [-0.15, -0.1) is 0 Å². The normalized spacial score (nSPS) is 14.0. The number of nitrogens with one attached hydrogen (secondary N) is 1. The predicted octanol–water partition coefficient (Wildman–Crippen LogP) is 4.63. The van der Waals surface area contributed by atoms with Crippen LogP contribution in [-0.2, 0) is 17.6 Å². The van der Waals surface area contributed by atoms with Crippen LogP contribution in [0.25, 0.3) is 0 Å². The van der Waals surface area contributed by atoms with Gasteiger partial charge in [-0.25, -0.2) is 0 Å². The van der Waals surface area contributed by atoms with E-state index < -0.39 is 0 Å². The van der Waals surface area contributed by atoms with Crippen LogP contribution in [0.1, 0.15) is 70.4 Å². The number of carbonyl (C=O) groups excluding carboxylic acids is 2. The van der Waals surface area contributed by atoms with Crippen molar-refractivity contribution < 1.29 is 9.59 Å². The third-order valence-corrected chi connectivity index (χ3v) is 5.28. The maximum atomic E-state index is 12.4. The molecule has 0 heterocycles. The van der Waals surface area contributed by atoms with E-state index in [0.717, 1.165) is 29.5 Å². The highest BCUT2D eigenvalue weighted by Crippen LogP contribution is 2.23. The summed E-state index contributed by atoms with van der Waals surface area (Å²) in [7, 11) is 0.